The Bertz CT molecular complexity index is 351. The number of rotatable bonds is 10. The van der Waals surface area contributed by atoms with Crippen LogP contribution in [-0.4, -0.2) is 31.6 Å². The van der Waals surface area contributed by atoms with Crippen LogP contribution in [0.2, 0.25) is 0 Å². The smallest absolute Gasteiger partial charge is 0.119 e. The van der Waals surface area contributed by atoms with Crippen LogP contribution in [0.25, 0.3) is 0 Å². The third-order valence-corrected chi connectivity index (χ3v) is 3.65. The van der Waals surface area contributed by atoms with Crippen molar-refractivity contribution in [3.8, 4) is 5.75 Å². The lowest BCUT2D eigenvalue weighted by Crippen LogP contribution is -2.31. The first-order chi connectivity index (χ1) is 9.72. The van der Waals surface area contributed by atoms with Gasteiger partial charge in [0.25, 0.3) is 0 Å². The number of hydrogen-bond acceptors (Lipinski definition) is 3. The van der Waals surface area contributed by atoms with Gasteiger partial charge in [-0.1, -0.05) is 38.8 Å². The van der Waals surface area contributed by atoms with Gasteiger partial charge in [0.2, 0.25) is 0 Å². The van der Waals surface area contributed by atoms with E-state index in [1.165, 1.54) is 18.4 Å². The van der Waals surface area contributed by atoms with Crippen LogP contribution >= 0.6 is 0 Å². The van der Waals surface area contributed by atoms with Gasteiger partial charge >= 0.3 is 0 Å². The maximum atomic E-state index is 5.94. The van der Waals surface area contributed by atoms with Crippen LogP contribution in [0.3, 0.4) is 0 Å². The van der Waals surface area contributed by atoms with Gasteiger partial charge in [-0.05, 0) is 44.1 Å². The minimum atomic E-state index is 0.297. The predicted molar refractivity (Wildman–Crippen MR) is 86.2 cm³/mol. The molecular formula is C17H30N2O. The van der Waals surface area contributed by atoms with E-state index in [1.807, 2.05) is 0 Å². The van der Waals surface area contributed by atoms with Crippen LogP contribution in [-0.2, 0) is 0 Å². The zero-order valence-electron chi connectivity index (χ0n) is 13.3. The van der Waals surface area contributed by atoms with Crippen molar-refractivity contribution >= 4 is 0 Å². The highest BCUT2D eigenvalue weighted by atomic mass is 16.5. The van der Waals surface area contributed by atoms with Crippen LogP contribution in [0.15, 0.2) is 24.3 Å². The SMILES string of the molecule is CCCCOc1ccc(C(CN)N(C)CCCC)cc1. The average Bonchev–Trinajstić information content (AvgIpc) is 2.47. The summed E-state index contributed by atoms with van der Waals surface area (Å²) in [7, 11) is 2.15. The monoisotopic (exact) mass is 278 g/mol. The highest BCUT2D eigenvalue weighted by Gasteiger charge is 2.14. The summed E-state index contributed by atoms with van der Waals surface area (Å²) in [6.45, 7) is 6.92. The third-order valence-electron chi connectivity index (χ3n) is 3.65. The van der Waals surface area contributed by atoms with Crippen molar-refractivity contribution in [3.05, 3.63) is 29.8 Å². The zero-order valence-corrected chi connectivity index (χ0v) is 13.3. The Balaban J connectivity index is 2.59. The lowest BCUT2D eigenvalue weighted by atomic mass is 10.1. The predicted octanol–water partition coefficient (Wildman–Crippen LogP) is 3.60. The summed E-state index contributed by atoms with van der Waals surface area (Å²) < 4.78 is 5.70. The molecule has 0 radical (unpaired) electrons. The molecule has 0 amide bonds. The molecule has 3 nitrogen and oxygen atoms in total. The maximum Gasteiger partial charge on any atom is 0.119 e. The molecule has 1 aromatic carbocycles. The number of ether oxygens (including phenoxy) is 1. The fourth-order valence-corrected chi connectivity index (χ4v) is 2.25. The molecule has 0 bridgehead atoms. The molecule has 0 aromatic heterocycles. The molecule has 3 heteroatoms. The second-order valence-corrected chi connectivity index (χ2v) is 5.36. The van der Waals surface area contributed by atoms with Gasteiger partial charge in [-0.25, -0.2) is 0 Å². The van der Waals surface area contributed by atoms with Gasteiger partial charge in [0.05, 0.1) is 6.61 Å². The number of benzene rings is 1. The molecule has 0 saturated carbocycles. The van der Waals surface area contributed by atoms with Gasteiger partial charge in [0.15, 0.2) is 0 Å². The Kier molecular flexibility index (Phi) is 8.31. The molecule has 1 aromatic rings. The van der Waals surface area contributed by atoms with Crippen molar-refractivity contribution in [2.24, 2.45) is 5.73 Å². The number of likely N-dealkylation sites (N-methyl/N-ethyl adjacent to an activating group) is 1. The molecule has 2 N–H and O–H groups in total. The number of hydrogen-bond donors (Lipinski definition) is 1. The molecular weight excluding hydrogens is 248 g/mol. The minimum absolute atomic E-state index is 0.297. The quantitative estimate of drug-likeness (QED) is 0.665. The summed E-state index contributed by atoms with van der Waals surface area (Å²) in [6, 6.07) is 8.69. The van der Waals surface area contributed by atoms with E-state index in [2.05, 4.69) is 50.1 Å². The van der Waals surface area contributed by atoms with E-state index < -0.39 is 0 Å². The lowest BCUT2D eigenvalue weighted by Gasteiger charge is -2.27. The molecule has 1 unspecified atom stereocenters. The van der Waals surface area contributed by atoms with Crippen molar-refractivity contribution in [2.45, 2.75) is 45.6 Å². The number of unbranched alkanes of at least 4 members (excludes halogenated alkanes) is 2. The average molecular weight is 278 g/mol. The van der Waals surface area contributed by atoms with Gasteiger partial charge in [0, 0.05) is 12.6 Å². The molecule has 1 rings (SSSR count). The molecule has 0 aliphatic rings. The minimum Gasteiger partial charge on any atom is -0.494 e. The van der Waals surface area contributed by atoms with E-state index in [0.717, 1.165) is 31.7 Å². The van der Waals surface area contributed by atoms with E-state index in [-0.39, 0.29) is 0 Å². The topological polar surface area (TPSA) is 38.5 Å². The van der Waals surface area contributed by atoms with E-state index in [1.54, 1.807) is 0 Å². The second-order valence-electron chi connectivity index (χ2n) is 5.36. The molecule has 20 heavy (non-hydrogen) atoms. The summed E-state index contributed by atoms with van der Waals surface area (Å²) >= 11 is 0. The van der Waals surface area contributed by atoms with Crippen molar-refractivity contribution in [3.63, 3.8) is 0 Å². The summed E-state index contributed by atoms with van der Waals surface area (Å²) in [5.74, 6) is 0.953. The van der Waals surface area contributed by atoms with E-state index in [0.29, 0.717) is 12.6 Å². The van der Waals surface area contributed by atoms with Crippen molar-refractivity contribution in [2.75, 3.05) is 26.7 Å². The molecule has 0 aliphatic carbocycles. The zero-order chi connectivity index (χ0) is 14.8. The van der Waals surface area contributed by atoms with Crippen molar-refractivity contribution in [1.82, 2.24) is 4.90 Å². The Hall–Kier alpha value is -1.06. The Labute approximate surface area is 124 Å². The first-order valence-electron chi connectivity index (χ1n) is 7.86. The summed E-state index contributed by atoms with van der Waals surface area (Å²) in [5, 5.41) is 0. The third kappa shape index (κ3) is 5.51. The standard InChI is InChI=1S/C17H30N2O/c1-4-6-12-19(3)17(14-18)15-8-10-16(11-9-15)20-13-7-5-2/h8-11,17H,4-7,12-14,18H2,1-3H3. The van der Waals surface area contributed by atoms with Gasteiger partial charge in [0.1, 0.15) is 5.75 Å². The first kappa shape index (κ1) is 17.0. The molecule has 1 atom stereocenters. The van der Waals surface area contributed by atoms with E-state index in [9.17, 15) is 0 Å². The number of nitrogens with two attached hydrogens (primary N) is 1. The summed E-state index contributed by atoms with van der Waals surface area (Å²) in [5.41, 5.74) is 7.21. The van der Waals surface area contributed by atoms with Gasteiger partial charge < -0.3 is 10.5 Å². The molecule has 0 heterocycles. The lowest BCUT2D eigenvalue weighted by molar-refractivity contribution is 0.246. The normalized spacial score (nSPS) is 12.7. The maximum absolute atomic E-state index is 5.94. The highest BCUT2D eigenvalue weighted by Crippen LogP contribution is 2.22. The molecule has 114 valence electrons. The molecule has 0 aliphatic heterocycles. The fourth-order valence-electron chi connectivity index (χ4n) is 2.25. The molecule has 0 fully saturated rings. The molecule has 0 spiro atoms. The van der Waals surface area contributed by atoms with Crippen LogP contribution in [0.1, 0.15) is 51.1 Å². The summed E-state index contributed by atoms with van der Waals surface area (Å²) in [6.07, 6.45) is 4.69. The van der Waals surface area contributed by atoms with Crippen molar-refractivity contribution in [1.29, 1.82) is 0 Å². The molecule has 0 saturated heterocycles. The van der Waals surface area contributed by atoms with Gasteiger partial charge in [-0.3, -0.25) is 4.90 Å². The largest absolute Gasteiger partial charge is 0.494 e. The van der Waals surface area contributed by atoms with E-state index >= 15 is 0 Å². The van der Waals surface area contributed by atoms with Gasteiger partial charge in [-0.15, -0.1) is 0 Å². The first-order valence-corrected chi connectivity index (χ1v) is 7.86. The van der Waals surface area contributed by atoms with Crippen LogP contribution < -0.4 is 10.5 Å². The van der Waals surface area contributed by atoms with E-state index in [4.69, 9.17) is 10.5 Å². The Morgan fingerprint density at radius 3 is 2.30 bits per heavy atom. The van der Waals surface area contributed by atoms with Crippen LogP contribution in [0.5, 0.6) is 5.75 Å². The number of nitrogens with zero attached hydrogens (tertiary/aromatic N) is 1. The fraction of sp³-hybridized carbons (Fsp3) is 0.647. The summed E-state index contributed by atoms with van der Waals surface area (Å²) in [4.78, 5) is 2.34. The highest BCUT2D eigenvalue weighted by molar-refractivity contribution is 5.29. The van der Waals surface area contributed by atoms with Crippen LogP contribution in [0.4, 0.5) is 0 Å². The Morgan fingerprint density at radius 1 is 1.10 bits per heavy atom. The second kappa shape index (κ2) is 9.78. The van der Waals surface area contributed by atoms with Crippen LogP contribution in [0, 0.1) is 0 Å². The van der Waals surface area contributed by atoms with Gasteiger partial charge in [-0.2, -0.15) is 0 Å². The Morgan fingerprint density at radius 2 is 1.75 bits per heavy atom. The van der Waals surface area contributed by atoms with Crippen molar-refractivity contribution < 1.29 is 4.74 Å².